The fraction of sp³-hybridized carbons (Fsp3) is 0.286. The van der Waals surface area contributed by atoms with Crippen LogP contribution in [0.3, 0.4) is 0 Å². The standard InChI is InChI=1S/C21H22F2N4O3S/c1-14(11-29-2)27-19(12-30-18-9-4-3-8-17(18)23)25-26-21(27)31-13-20(28)24-16-7-5-6-15(22)10-16/h3-10,14H,11-13H2,1-2H3,(H,24,28)/t14-/m1/s1. The molecule has 164 valence electrons. The first-order chi connectivity index (χ1) is 15.0. The Hall–Kier alpha value is -2.98. The quantitative estimate of drug-likeness (QED) is 0.471. The van der Waals surface area contributed by atoms with Crippen molar-refractivity contribution in [2.24, 2.45) is 0 Å². The summed E-state index contributed by atoms with van der Waals surface area (Å²) < 4.78 is 39.7. The molecule has 3 aromatic rings. The van der Waals surface area contributed by atoms with Crippen LogP contribution in [0, 0.1) is 11.6 Å². The Labute approximate surface area is 182 Å². The van der Waals surface area contributed by atoms with Crippen molar-refractivity contribution in [2.45, 2.75) is 24.7 Å². The summed E-state index contributed by atoms with van der Waals surface area (Å²) in [7, 11) is 1.58. The molecule has 1 amide bonds. The minimum Gasteiger partial charge on any atom is -0.483 e. The van der Waals surface area contributed by atoms with Crippen molar-refractivity contribution in [1.82, 2.24) is 14.8 Å². The van der Waals surface area contributed by atoms with E-state index < -0.39 is 11.6 Å². The molecule has 7 nitrogen and oxygen atoms in total. The van der Waals surface area contributed by atoms with Crippen LogP contribution in [0.2, 0.25) is 0 Å². The molecule has 0 bridgehead atoms. The molecule has 0 aliphatic rings. The minimum atomic E-state index is -0.470. The molecule has 0 unspecified atom stereocenters. The number of rotatable bonds is 10. The summed E-state index contributed by atoms with van der Waals surface area (Å²) in [4.78, 5) is 12.3. The van der Waals surface area contributed by atoms with Gasteiger partial charge in [-0.15, -0.1) is 10.2 Å². The highest BCUT2D eigenvalue weighted by atomic mass is 32.2. The van der Waals surface area contributed by atoms with Crippen LogP contribution in [0.25, 0.3) is 0 Å². The average molecular weight is 448 g/mol. The molecule has 0 fully saturated rings. The lowest BCUT2D eigenvalue weighted by Gasteiger charge is -2.17. The Kier molecular flexibility index (Phi) is 7.96. The molecule has 0 saturated heterocycles. The van der Waals surface area contributed by atoms with E-state index in [1.165, 1.54) is 42.1 Å². The third-order valence-electron chi connectivity index (χ3n) is 4.22. The zero-order valence-electron chi connectivity index (χ0n) is 17.0. The van der Waals surface area contributed by atoms with Crippen molar-refractivity contribution in [3.05, 3.63) is 66.0 Å². The number of hydrogen-bond acceptors (Lipinski definition) is 6. The van der Waals surface area contributed by atoms with Gasteiger partial charge in [0.2, 0.25) is 5.91 Å². The monoisotopic (exact) mass is 448 g/mol. The van der Waals surface area contributed by atoms with Crippen molar-refractivity contribution in [2.75, 3.05) is 24.8 Å². The number of benzene rings is 2. The number of carbonyl (C=O) groups is 1. The molecule has 1 aromatic heterocycles. The van der Waals surface area contributed by atoms with E-state index in [0.29, 0.717) is 23.3 Å². The number of methoxy groups -OCH3 is 1. The third-order valence-corrected chi connectivity index (χ3v) is 5.16. The Morgan fingerprint density at radius 1 is 1.19 bits per heavy atom. The van der Waals surface area contributed by atoms with E-state index in [1.54, 1.807) is 29.9 Å². The molecule has 1 atom stereocenters. The lowest BCUT2D eigenvalue weighted by molar-refractivity contribution is -0.113. The summed E-state index contributed by atoms with van der Waals surface area (Å²) in [6.45, 7) is 2.29. The van der Waals surface area contributed by atoms with E-state index in [2.05, 4.69) is 15.5 Å². The van der Waals surface area contributed by atoms with Gasteiger partial charge in [0.15, 0.2) is 22.5 Å². The van der Waals surface area contributed by atoms with Gasteiger partial charge in [-0.2, -0.15) is 0 Å². The lowest BCUT2D eigenvalue weighted by Crippen LogP contribution is -2.18. The van der Waals surface area contributed by atoms with Crippen molar-refractivity contribution in [3.63, 3.8) is 0 Å². The minimum absolute atomic E-state index is 0.00195. The number of thioether (sulfide) groups is 1. The predicted octanol–water partition coefficient (Wildman–Crippen LogP) is 4.07. The number of carbonyl (C=O) groups excluding carboxylic acids is 1. The largest absolute Gasteiger partial charge is 0.483 e. The van der Waals surface area contributed by atoms with Crippen molar-refractivity contribution in [1.29, 1.82) is 0 Å². The molecule has 1 N–H and O–H groups in total. The number of nitrogens with zero attached hydrogens (tertiary/aromatic N) is 3. The second-order valence-electron chi connectivity index (χ2n) is 6.64. The molecular formula is C21H22F2N4O3S. The topological polar surface area (TPSA) is 78.3 Å². The lowest BCUT2D eigenvalue weighted by atomic mass is 10.3. The fourth-order valence-corrected chi connectivity index (χ4v) is 3.72. The number of halogens is 2. The predicted molar refractivity (Wildman–Crippen MR) is 113 cm³/mol. The van der Waals surface area contributed by atoms with Gasteiger partial charge in [-0.1, -0.05) is 30.0 Å². The van der Waals surface area contributed by atoms with E-state index in [0.717, 1.165) is 0 Å². The van der Waals surface area contributed by atoms with Gasteiger partial charge < -0.3 is 14.8 Å². The first kappa shape index (κ1) is 22.7. The van der Waals surface area contributed by atoms with Crippen LogP contribution in [0.5, 0.6) is 5.75 Å². The molecule has 0 spiro atoms. The molecule has 0 saturated carbocycles. The fourth-order valence-electron chi connectivity index (χ4n) is 2.86. The SMILES string of the molecule is COC[C@@H](C)n1c(COc2ccccc2F)nnc1SCC(=O)Nc1cccc(F)c1. The van der Waals surface area contributed by atoms with E-state index in [9.17, 15) is 13.6 Å². The zero-order chi connectivity index (χ0) is 22.2. The average Bonchev–Trinajstić information content (AvgIpc) is 3.15. The number of para-hydroxylation sites is 1. The van der Waals surface area contributed by atoms with Gasteiger partial charge in [-0.05, 0) is 37.3 Å². The number of anilines is 1. The van der Waals surface area contributed by atoms with Crippen LogP contribution in [-0.4, -0.2) is 40.1 Å². The smallest absolute Gasteiger partial charge is 0.234 e. The van der Waals surface area contributed by atoms with E-state index in [4.69, 9.17) is 9.47 Å². The summed E-state index contributed by atoms with van der Waals surface area (Å²) in [6.07, 6.45) is 0. The Morgan fingerprint density at radius 3 is 2.74 bits per heavy atom. The number of nitrogens with one attached hydrogen (secondary N) is 1. The molecule has 2 aromatic carbocycles. The Balaban J connectivity index is 1.69. The van der Waals surface area contributed by atoms with Crippen molar-refractivity contribution in [3.8, 4) is 5.75 Å². The first-order valence-electron chi connectivity index (χ1n) is 9.46. The third kappa shape index (κ3) is 6.25. The Bertz CT molecular complexity index is 1030. The van der Waals surface area contributed by atoms with Gasteiger partial charge in [0, 0.05) is 12.8 Å². The van der Waals surface area contributed by atoms with Gasteiger partial charge in [-0.3, -0.25) is 9.36 Å². The van der Waals surface area contributed by atoms with Crippen LogP contribution < -0.4 is 10.1 Å². The van der Waals surface area contributed by atoms with Crippen molar-refractivity contribution >= 4 is 23.4 Å². The number of ether oxygens (including phenoxy) is 2. The van der Waals surface area contributed by atoms with Crippen LogP contribution in [-0.2, 0) is 16.1 Å². The van der Waals surface area contributed by atoms with Gasteiger partial charge in [0.25, 0.3) is 0 Å². The van der Waals surface area contributed by atoms with Gasteiger partial charge in [-0.25, -0.2) is 8.78 Å². The van der Waals surface area contributed by atoms with Gasteiger partial charge >= 0.3 is 0 Å². The number of hydrogen-bond donors (Lipinski definition) is 1. The highest BCUT2D eigenvalue weighted by Crippen LogP contribution is 2.24. The maximum absolute atomic E-state index is 13.8. The van der Waals surface area contributed by atoms with Gasteiger partial charge in [0.1, 0.15) is 12.4 Å². The molecular weight excluding hydrogens is 426 g/mol. The molecule has 3 rings (SSSR count). The van der Waals surface area contributed by atoms with Crippen LogP contribution in [0.15, 0.2) is 53.7 Å². The number of aromatic nitrogens is 3. The highest BCUT2D eigenvalue weighted by molar-refractivity contribution is 7.99. The summed E-state index contributed by atoms with van der Waals surface area (Å²) in [5.41, 5.74) is 0.374. The second-order valence-corrected chi connectivity index (χ2v) is 7.58. The van der Waals surface area contributed by atoms with Gasteiger partial charge in [0.05, 0.1) is 18.4 Å². The second kappa shape index (κ2) is 10.9. The van der Waals surface area contributed by atoms with E-state index >= 15 is 0 Å². The highest BCUT2D eigenvalue weighted by Gasteiger charge is 2.20. The summed E-state index contributed by atoms with van der Waals surface area (Å²) >= 11 is 1.18. The molecule has 10 heteroatoms. The molecule has 0 radical (unpaired) electrons. The van der Waals surface area contributed by atoms with E-state index in [1.807, 2.05) is 6.92 Å². The molecule has 1 heterocycles. The molecule has 0 aliphatic heterocycles. The number of amides is 1. The summed E-state index contributed by atoms with van der Waals surface area (Å²) in [6, 6.07) is 11.6. The Morgan fingerprint density at radius 2 is 2.00 bits per heavy atom. The summed E-state index contributed by atoms with van der Waals surface area (Å²) in [5.74, 6) is -0.586. The van der Waals surface area contributed by atoms with Crippen LogP contribution in [0.4, 0.5) is 14.5 Å². The van der Waals surface area contributed by atoms with E-state index in [-0.39, 0.29) is 30.1 Å². The normalized spacial score (nSPS) is 11.9. The summed E-state index contributed by atoms with van der Waals surface area (Å²) in [5, 5.41) is 11.4. The first-order valence-corrected chi connectivity index (χ1v) is 10.4. The molecule has 0 aliphatic carbocycles. The zero-order valence-corrected chi connectivity index (χ0v) is 17.9. The van der Waals surface area contributed by atoms with Crippen LogP contribution in [0.1, 0.15) is 18.8 Å². The van der Waals surface area contributed by atoms with Crippen molar-refractivity contribution < 1.29 is 23.0 Å². The maximum Gasteiger partial charge on any atom is 0.234 e. The maximum atomic E-state index is 13.8. The molecule has 31 heavy (non-hydrogen) atoms. The van der Waals surface area contributed by atoms with Crippen LogP contribution >= 0.6 is 11.8 Å².